The molecule has 3 heterocycles. The molecule has 32 heavy (non-hydrogen) atoms. The highest BCUT2D eigenvalue weighted by Crippen LogP contribution is 2.54. The second-order valence-corrected chi connectivity index (χ2v) is 9.10. The highest BCUT2D eigenvalue weighted by atomic mass is 16.7. The number of nitrogens with two attached hydrogens (primary N) is 1. The molecule has 5 rings (SSSR count). The Hall–Kier alpha value is -2.94. The van der Waals surface area contributed by atoms with Gasteiger partial charge >= 0.3 is 6.16 Å². The molecule has 1 saturated heterocycles. The maximum atomic E-state index is 12.1. The van der Waals surface area contributed by atoms with Gasteiger partial charge in [-0.2, -0.15) is 10.4 Å². The molecule has 11 nitrogen and oxygen atoms in total. The molecular formula is C21H25N5O6. The summed E-state index contributed by atoms with van der Waals surface area (Å²) in [6.07, 6.45) is 1.69. The Morgan fingerprint density at radius 1 is 1.34 bits per heavy atom. The molecule has 0 amide bonds. The average molecular weight is 443 g/mol. The maximum Gasteiger partial charge on any atom is 0.508 e. The third-order valence-electron chi connectivity index (χ3n) is 7.24. The molecule has 3 aliphatic rings. The molecule has 2 aliphatic carbocycles. The predicted octanol–water partition coefficient (Wildman–Crippen LogP) is 0.884. The summed E-state index contributed by atoms with van der Waals surface area (Å²) in [7, 11) is 0. The number of carbonyl (C=O) groups is 1. The van der Waals surface area contributed by atoms with Crippen LogP contribution in [0.1, 0.15) is 37.8 Å². The lowest BCUT2D eigenvalue weighted by Gasteiger charge is -2.25. The summed E-state index contributed by atoms with van der Waals surface area (Å²) in [5.41, 5.74) is 4.57. The lowest BCUT2D eigenvalue weighted by Crippen LogP contribution is -2.41. The van der Waals surface area contributed by atoms with Gasteiger partial charge in [-0.1, -0.05) is 0 Å². The second-order valence-electron chi connectivity index (χ2n) is 9.10. The Morgan fingerprint density at radius 2 is 2.12 bits per heavy atom. The van der Waals surface area contributed by atoms with Crippen molar-refractivity contribution in [1.29, 1.82) is 5.26 Å². The number of aromatic nitrogens is 3. The molecule has 170 valence electrons. The van der Waals surface area contributed by atoms with E-state index < -0.39 is 30.1 Å². The van der Waals surface area contributed by atoms with Crippen molar-refractivity contribution in [2.24, 2.45) is 11.3 Å². The summed E-state index contributed by atoms with van der Waals surface area (Å²) >= 11 is 0. The Bertz CT molecular complexity index is 1070. The number of anilines is 1. The van der Waals surface area contributed by atoms with E-state index in [1.807, 2.05) is 6.07 Å². The topological polar surface area (TPSA) is 165 Å². The number of rotatable bonds is 5. The van der Waals surface area contributed by atoms with Gasteiger partial charge in [-0.3, -0.25) is 0 Å². The number of carbonyl (C=O) groups excluding carboxylic acids is 1. The van der Waals surface area contributed by atoms with E-state index in [9.17, 15) is 20.3 Å². The van der Waals surface area contributed by atoms with Crippen molar-refractivity contribution < 1.29 is 29.2 Å². The molecule has 0 spiro atoms. The van der Waals surface area contributed by atoms with Gasteiger partial charge in [0, 0.05) is 5.41 Å². The number of aliphatic hydroxyl groups is 2. The molecule has 2 saturated carbocycles. The van der Waals surface area contributed by atoms with E-state index in [0.717, 1.165) is 25.2 Å². The fourth-order valence-electron chi connectivity index (χ4n) is 5.47. The van der Waals surface area contributed by atoms with Crippen molar-refractivity contribution in [1.82, 2.24) is 14.6 Å². The lowest BCUT2D eigenvalue weighted by atomic mass is 9.85. The number of nitrogen functional groups attached to an aromatic ring is 1. The first-order chi connectivity index (χ1) is 15.4. The first kappa shape index (κ1) is 20.9. The van der Waals surface area contributed by atoms with Gasteiger partial charge in [0.15, 0.2) is 5.82 Å². The van der Waals surface area contributed by atoms with Gasteiger partial charge in [-0.05, 0) is 50.2 Å². The maximum absolute atomic E-state index is 12.1. The van der Waals surface area contributed by atoms with Crippen molar-refractivity contribution in [3.8, 4) is 6.07 Å². The quantitative estimate of drug-likeness (QED) is 0.565. The van der Waals surface area contributed by atoms with Crippen LogP contribution >= 0.6 is 0 Å². The second kappa shape index (κ2) is 7.58. The first-order valence-electron chi connectivity index (χ1n) is 10.7. The van der Waals surface area contributed by atoms with Gasteiger partial charge in [0.25, 0.3) is 0 Å². The van der Waals surface area contributed by atoms with Crippen molar-refractivity contribution >= 4 is 17.5 Å². The van der Waals surface area contributed by atoms with Gasteiger partial charge in [0.1, 0.15) is 49.4 Å². The minimum absolute atomic E-state index is 0.0684. The highest BCUT2D eigenvalue weighted by molar-refractivity contribution is 5.66. The summed E-state index contributed by atoms with van der Waals surface area (Å²) in [5.74, 6) is 0.924. The summed E-state index contributed by atoms with van der Waals surface area (Å²) in [6.45, 7) is -0.0605. The van der Waals surface area contributed by atoms with E-state index >= 15 is 0 Å². The Kier molecular flexibility index (Phi) is 4.96. The van der Waals surface area contributed by atoms with E-state index in [1.165, 1.54) is 29.8 Å². The number of ether oxygens (including phenoxy) is 3. The fourth-order valence-corrected chi connectivity index (χ4v) is 5.47. The van der Waals surface area contributed by atoms with E-state index in [1.54, 1.807) is 6.07 Å². The molecule has 0 unspecified atom stereocenters. The van der Waals surface area contributed by atoms with Crippen LogP contribution in [0.15, 0.2) is 18.5 Å². The number of fused-ring (bicyclic) bond motifs is 3. The van der Waals surface area contributed by atoms with Crippen molar-refractivity contribution in [2.75, 3.05) is 18.9 Å². The highest BCUT2D eigenvalue weighted by Gasteiger charge is 2.58. The predicted molar refractivity (Wildman–Crippen MR) is 108 cm³/mol. The molecule has 3 fully saturated rings. The molecule has 4 atom stereocenters. The first-order valence-corrected chi connectivity index (χ1v) is 10.7. The zero-order valence-corrected chi connectivity index (χ0v) is 17.4. The third kappa shape index (κ3) is 3.18. The Morgan fingerprint density at radius 3 is 2.81 bits per heavy atom. The SMILES string of the molecule is N#C[C@@]1(c2ccc3c(N)ncnn23)O[C@H](COC(=O)OCC23CCC(CC2)C3)[C@@H](O)[C@H]1O. The molecule has 4 N–H and O–H groups in total. The van der Waals surface area contributed by atoms with Crippen LogP contribution in [0.4, 0.5) is 10.6 Å². The van der Waals surface area contributed by atoms with Crippen molar-refractivity contribution in [2.45, 2.75) is 56.0 Å². The molecule has 2 aromatic heterocycles. The molecule has 2 bridgehead atoms. The Balaban J connectivity index is 1.26. The number of nitrogens with zero attached hydrogens (tertiary/aromatic N) is 4. The van der Waals surface area contributed by atoms with Gasteiger partial charge in [-0.25, -0.2) is 14.3 Å². The van der Waals surface area contributed by atoms with Crippen LogP contribution in [0, 0.1) is 22.7 Å². The normalized spacial score (nSPS) is 35.8. The lowest BCUT2D eigenvalue weighted by molar-refractivity contribution is -0.0740. The summed E-state index contributed by atoms with van der Waals surface area (Å²) in [5, 5.41) is 35.2. The van der Waals surface area contributed by atoms with Gasteiger partial charge in [-0.15, -0.1) is 0 Å². The number of aliphatic hydroxyl groups excluding tert-OH is 2. The van der Waals surface area contributed by atoms with Crippen molar-refractivity contribution in [3.63, 3.8) is 0 Å². The van der Waals surface area contributed by atoms with E-state index in [2.05, 4.69) is 10.1 Å². The number of hydrogen-bond acceptors (Lipinski definition) is 10. The molecule has 1 aliphatic heterocycles. The third-order valence-corrected chi connectivity index (χ3v) is 7.24. The fraction of sp³-hybridized carbons (Fsp3) is 0.619. The van der Waals surface area contributed by atoms with Gasteiger partial charge in [0.2, 0.25) is 5.60 Å². The van der Waals surface area contributed by atoms with Crippen molar-refractivity contribution in [3.05, 3.63) is 24.2 Å². The van der Waals surface area contributed by atoms with E-state index in [0.29, 0.717) is 12.1 Å². The van der Waals surface area contributed by atoms with Crippen LogP contribution < -0.4 is 5.73 Å². The summed E-state index contributed by atoms with van der Waals surface area (Å²) in [4.78, 5) is 16.0. The van der Waals surface area contributed by atoms with Gasteiger partial charge < -0.3 is 30.2 Å². The van der Waals surface area contributed by atoms with E-state index in [4.69, 9.17) is 19.9 Å². The van der Waals surface area contributed by atoms with Crippen LogP contribution in [0.3, 0.4) is 0 Å². The standard InChI is InChI=1S/C21H25N5O6/c22-9-21(15-2-1-13-18(23)24-11-25-26(13)15)17(28)16(27)14(32-21)8-30-19(29)31-10-20-5-3-12(7-20)4-6-20/h1-2,11-12,14,16-17,27-28H,3-8,10H2,(H2,23,24,25)/t12?,14-,16-,17-,20?,21+/m1/s1. The monoisotopic (exact) mass is 443 g/mol. The molecule has 2 aromatic rings. The Labute approximate surface area is 183 Å². The van der Waals surface area contributed by atoms with Crippen LogP contribution in [0.2, 0.25) is 0 Å². The van der Waals surface area contributed by atoms with Crippen LogP contribution in [-0.4, -0.2) is 62.5 Å². The van der Waals surface area contributed by atoms with Crippen LogP contribution in [-0.2, 0) is 19.8 Å². The minimum Gasteiger partial charge on any atom is -0.434 e. The zero-order chi connectivity index (χ0) is 22.5. The average Bonchev–Trinajstić information content (AvgIpc) is 3.56. The number of hydrogen-bond donors (Lipinski definition) is 3. The molecule has 0 aromatic carbocycles. The molecule has 0 radical (unpaired) electrons. The van der Waals surface area contributed by atoms with Crippen LogP contribution in [0.5, 0.6) is 0 Å². The molecule has 11 heteroatoms. The zero-order valence-electron chi connectivity index (χ0n) is 17.4. The summed E-state index contributed by atoms with van der Waals surface area (Å²) < 4.78 is 17.6. The van der Waals surface area contributed by atoms with E-state index in [-0.39, 0.29) is 23.5 Å². The minimum atomic E-state index is -1.94. The smallest absolute Gasteiger partial charge is 0.434 e. The molecular weight excluding hydrogens is 418 g/mol. The van der Waals surface area contributed by atoms with Crippen LogP contribution in [0.25, 0.3) is 5.52 Å². The summed E-state index contributed by atoms with van der Waals surface area (Å²) in [6, 6.07) is 5.05. The number of nitriles is 1. The van der Waals surface area contributed by atoms with Gasteiger partial charge in [0.05, 0.1) is 5.69 Å². The largest absolute Gasteiger partial charge is 0.508 e.